The summed E-state index contributed by atoms with van der Waals surface area (Å²) in [6.07, 6.45) is 7.75. The zero-order chi connectivity index (χ0) is 23.4. The topological polar surface area (TPSA) is 88.5 Å². The minimum atomic E-state index is -0.396. The summed E-state index contributed by atoms with van der Waals surface area (Å²) >= 11 is 0. The fraction of sp³-hybridized carbons (Fsp3) is 0.423. The van der Waals surface area contributed by atoms with Gasteiger partial charge in [0.25, 0.3) is 0 Å². The van der Waals surface area contributed by atoms with E-state index in [9.17, 15) is 15.0 Å². The van der Waals surface area contributed by atoms with Gasteiger partial charge in [-0.25, -0.2) is 4.79 Å². The summed E-state index contributed by atoms with van der Waals surface area (Å²) in [6.45, 7) is 1.01. The zero-order valence-electron chi connectivity index (χ0n) is 19.1. The highest BCUT2D eigenvalue weighted by Gasteiger charge is 2.39. The van der Waals surface area contributed by atoms with Crippen molar-refractivity contribution >= 4 is 12.0 Å². The van der Waals surface area contributed by atoms with Gasteiger partial charge in [-0.3, -0.25) is 4.90 Å². The number of piperidine rings is 2. The van der Waals surface area contributed by atoms with Crippen molar-refractivity contribution in [2.24, 2.45) is 0 Å². The molecule has 176 valence electrons. The van der Waals surface area contributed by atoms with E-state index in [-0.39, 0.29) is 23.6 Å². The highest BCUT2D eigenvalue weighted by atomic mass is 16.5. The normalized spacial score (nSPS) is 23.2. The summed E-state index contributed by atoms with van der Waals surface area (Å²) in [5.74, 6) is 0.569. The van der Waals surface area contributed by atoms with E-state index in [2.05, 4.69) is 4.90 Å². The molecule has 0 saturated carbocycles. The Labute approximate surface area is 194 Å². The molecule has 2 aliphatic rings. The van der Waals surface area contributed by atoms with Gasteiger partial charge >= 0.3 is 5.97 Å². The van der Waals surface area contributed by atoms with Crippen LogP contribution in [0.15, 0.2) is 42.5 Å². The van der Waals surface area contributed by atoms with E-state index < -0.39 is 5.97 Å². The van der Waals surface area contributed by atoms with Gasteiger partial charge in [0.15, 0.2) is 23.0 Å². The third-order valence-electron chi connectivity index (χ3n) is 6.58. The lowest BCUT2D eigenvalue weighted by atomic mass is 9.84. The summed E-state index contributed by atoms with van der Waals surface area (Å²) in [5, 5.41) is 20.0. The van der Waals surface area contributed by atoms with Crippen molar-refractivity contribution < 1.29 is 29.2 Å². The average Bonchev–Trinajstić information content (AvgIpc) is 2.83. The number of rotatable bonds is 6. The van der Waals surface area contributed by atoms with Crippen LogP contribution < -0.4 is 9.47 Å². The minimum absolute atomic E-state index is 0.0482. The number of phenols is 2. The second-order valence-electron chi connectivity index (χ2n) is 8.63. The monoisotopic (exact) mass is 453 g/mol. The number of aromatic hydroxyl groups is 2. The highest BCUT2D eigenvalue weighted by molar-refractivity contribution is 5.87. The SMILES string of the molecule is COc1ccc([C@@H]2C[C@@H](OC(=O)C=Cc3ccc(O)c(OC)c3)C[C@@H]3CCCCN32)cc1O. The van der Waals surface area contributed by atoms with E-state index in [1.54, 1.807) is 30.3 Å². The van der Waals surface area contributed by atoms with Crippen LogP contribution in [0.1, 0.15) is 49.3 Å². The Balaban J connectivity index is 1.47. The van der Waals surface area contributed by atoms with Crippen LogP contribution in [0.5, 0.6) is 23.0 Å². The van der Waals surface area contributed by atoms with Gasteiger partial charge in [-0.05, 0) is 60.9 Å². The first kappa shape index (κ1) is 23.0. The number of ether oxygens (including phenoxy) is 3. The first-order valence-electron chi connectivity index (χ1n) is 11.4. The van der Waals surface area contributed by atoms with Crippen molar-refractivity contribution in [2.75, 3.05) is 20.8 Å². The van der Waals surface area contributed by atoms with E-state index >= 15 is 0 Å². The van der Waals surface area contributed by atoms with Crippen LogP contribution >= 0.6 is 0 Å². The Hall–Kier alpha value is -3.19. The number of fused-ring (bicyclic) bond motifs is 1. The standard InChI is InChI=1S/C26H31NO6/c1-31-24-10-8-18(14-23(24)29)21-16-20(15-19-5-3-4-12-27(19)21)33-26(30)11-7-17-6-9-22(28)25(13-17)32-2/h6-11,13-14,19-21,28-29H,3-5,12,15-16H2,1-2H3/t19-,20-,21-/m0/s1. The number of nitrogens with zero attached hydrogens (tertiary/aromatic N) is 1. The lowest BCUT2D eigenvalue weighted by molar-refractivity contribution is -0.148. The Morgan fingerprint density at radius 3 is 2.58 bits per heavy atom. The van der Waals surface area contributed by atoms with Crippen molar-refractivity contribution in [2.45, 2.75) is 50.3 Å². The van der Waals surface area contributed by atoms with E-state index in [1.165, 1.54) is 32.8 Å². The van der Waals surface area contributed by atoms with E-state index in [0.717, 1.165) is 36.9 Å². The zero-order valence-corrected chi connectivity index (χ0v) is 19.1. The van der Waals surface area contributed by atoms with Crippen LogP contribution in [0.2, 0.25) is 0 Å². The largest absolute Gasteiger partial charge is 0.504 e. The predicted octanol–water partition coefficient (Wildman–Crippen LogP) is 4.43. The third kappa shape index (κ3) is 5.25. The van der Waals surface area contributed by atoms with Crippen LogP contribution in [0.4, 0.5) is 0 Å². The molecule has 33 heavy (non-hydrogen) atoms. The van der Waals surface area contributed by atoms with Gasteiger partial charge < -0.3 is 24.4 Å². The van der Waals surface area contributed by atoms with Crippen LogP contribution in [0, 0.1) is 0 Å². The Morgan fingerprint density at radius 1 is 1.00 bits per heavy atom. The minimum Gasteiger partial charge on any atom is -0.504 e. The molecule has 0 bridgehead atoms. The number of hydrogen-bond acceptors (Lipinski definition) is 7. The molecule has 2 N–H and O–H groups in total. The molecule has 0 radical (unpaired) electrons. The molecule has 0 unspecified atom stereocenters. The molecule has 2 saturated heterocycles. The number of hydrogen-bond donors (Lipinski definition) is 2. The fourth-order valence-electron chi connectivity index (χ4n) is 4.97. The molecule has 7 heteroatoms. The molecular formula is C26H31NO6. The van der Waals surface area contributed by atoms with Crippen molar-refractivity contribution in [3.8, 4) is 23.0 Å². The maximum absolute atomic E-state index is 12.6. The summed E-state index contributed by atoms with van der Waals surface area (Å²) in [7, 11) is 3.01. The number of methoxy groups -OCH3 is 2. The maximum atomic E-state index is 12.6. The predicted molar refractivity (Wildman–Crippen MR) is 125 cm³/mol. The van der Waals surface area contributed by atoms with Crippen molar-refractivity contribution in [3.05, 3.63) is 53.6 Å². The summed E-state index contributed by atoms with van der Waals surface area (Å²) in [5.41, 5.74) is 1.74. The third-order valence-corrected chi connectivity index (χ3v) is 6.58. The average molecular weight is 454 g/mol. The van der Waals surface area contributed by atoms with Gasteiger partial charge in [0.2, 0.25) is 0 Å². The van der Waals surface area contributed by atoms with Crippen LogP contribution in [0.25, 0.3) is 6.08 Å². The fourth-order valence-corrected chi connectivity index (χ4v) is 4.97. The maximum Gasteiger partial charge on any atom is 0.331 e. The summed E-state index contributed by atoms with van der Waals surface area (Å²) in [6, 6.07) is 10.8. The molecule has 4 rings (SSSR count). The first-order chi connectivity index (χ1) is 16.0. The number of carbonyl (C=O) groups excluding carboxylic acids is 1. The van der Waals surface area contributed by atoms with Gasteiger partial charge in [0.05, 0.1) is 14.2 Å². The Bertz CT molecular complexity index is 1020. The molecule has 0 aliphatic carbocycles. The number of esters is 1. The molecule has 2 aromatic rings. The quantitative estimate of drug-likeness (QED) is 0.494. The lowest BCUT2D eigenvalue weighted by Gasteiger charge is -2.47. The second kappa shape index (κ2) is 10.2. The number of benzene rings is 2. The second-order valence-corrected chi connectivity index (χ2v) is 8.63. The molecule has 2 heterocycles. The molecule has 2 fully saturated rings. The molecule has 2 aromatic carbocycles. The highest BCUT2D eigenvalue weighted by Crippen LogP contribution is 2.41. The van der Waals surface area contributed by atoms with Gasteiger partial charge in [-0.2, -0.15) is 0 Å². The van der Waals surface area contributed by atoms with E-state index in [0.29, 0.717) is 24.0 Å². The summed E-state index contributed by atoms with van der Waals surface area (Å²) < 4.78 is 16.1. The first-order valence-corrected chi connectivity index (χ1v) is 11.4. The molecule has 2 aliphatic heterocycles. The van der Waals surface area contributed by atoms with Crippen molar-refractivity contribution in [1.29, 1.82) is 0 Å². The van der Waals surface area contributed by atoms with Gasteiger partial charge in [-0.1, -0.05) is 18.6 Å². The Kier molecular flexibility index (Phi) is 7.08. The molecular weight excluding hydrogens is 422 g/mol. The number of carbonyl (C=O) groups is 1. The van der Waals surface area contributed by atoms with Crippen molar-refractivity contribution in [3.63, 3.8) is 0 Å². The molecule has 0 aromatic heterocycles. The molecule has 0 amide bonds. The lowest BCUT2D eigenvalue weighted by Crippen LogP contribution is -2.49. The van der Waals surface area contributed by atoms with Crippen molar-refractivity contribution in [1.82, 2.24) is 4.90 Å². The van der Waals surface area contributed by atoms with Crippen LogP contribution in [-0.4, -0.2) is 54.0 Å². The molecule has 3 atom stereocenters. The molecule has 7 nitrogen and oxygen atoms in total. The number of phenolic OH excluding ortho intramolecular Hbond substituents is 2. The summed E-state index contributed by atoms with van der Waals surface area (Å²) in [4.78, 5) is 15.1. The molecule has 0 spiro atoms. The van der Waals surface area contributed by atoms with Gasteiger partial charge in [0.1, 0.15) is 6.10 Å². The Morgan fingerprint density at radius 2 is 1.82 bits per heavy atom. The van der Waals surface area contributed by atoms with Gasteiger partial charge in [-0.15, -0.1) is 0 Å². The van der Waals surface area contributed by atoms with E-state index in [4.69, 9.17) is 14.2 Å². The van der Waals surface area contributed by atoms with E-state index in [1.807, 2.05) is 6.07 Å². The van der Waals surface area contributed by atoms with Crippen LogP contribution in [0.3, 0.4) is 0 Å². The van der Waals surface area contributed by atoms with Crippen LogP contribution in [-0.2, 0) is 9.53 Å². The van der Waals surface area contributed by atoms with Gasteiger partial charge in [0, 0.05) is 31.0 Å². The smallest absolute Gasteiger partial charge is 0.331 e.